The van der Waals surface area contributed by atoms with E-state index in [4.69, 9.17) is 11.6 Å². The molecular weight excluding hydrogens is 264 g/mol. The van der Waals surface area contributed by atoms with Crippen molar-refractivity contribution in [2.75, 3.05) is 0 Å². The van der Waals surface area contributed by atoms with E-state index in [1.807, 2.05) is 12.1 Å². The minimum absolute atomic E-state index is 0.0211. The van der Waals surface area contributed by atoms with E-state index in [9.17, 15) is 9.59 Å². The van der Waals surface area contributed by atoms with Crippen LogP contribution in [0.4, 0.5) is 0 Å². The lowest BCUT2D eigenvalue weighted by Gasteiger charge is -2.07. The lowest BCUT2D eigenvalue weighted by atomic mass is 10.2. The molecule has 0 aliphatic rings. The van der Waals surface area contributed by atoms with Gasteiger partial charge in [0, 0.05) is 23.8 Å². The molecule has 0 radical (unpaired) electrons. The minimum atomic E-state index is -0.205. The number of hydrogen-bond acceptors (Lipinski definition) is 2. The number of carbonyl (C=O) groups excluding carboxylic acids is 1. The van der Waals surface area contributed by atoms with Gasteiger partial charge in [0.25, 0.3) is 5.56 Å². The molecule has 0 bridgehead atoms. The Labute approximate surface area is 115 Å². The van der Waals surface area contributed by atoms with Gasteiger partial charge in [0.15, 0.2) is 0 Å². The molecule has 0 saturated carbocycles. The third-order valence-corrected chi connectivity index (χ3v) is 2.87. The number of aromatic nitrogens is 1. The van der Waals surface area contributed by atoms with Crippen LogP contribution in [0.3, 0.4) is 0 Å². The van der Waals surface area contributed by atoms with Crippen LogP contribution in [0.1, 0.15) is 5.56 Å². The van der Waals surface area contributed by atoms with Crippen molar-refractivity contribution in [1.82, 2.24) is 9.88 Å². The first-order valence-corrected chi connectivity index (χ1v) is 6.19. The third-order valence-electron chi connectivity index (χ3n) is 2.62. The number of carbonyl (C=O) groups is 1. The van der Waals surface area contributed by atoms with Crippen molar-refractivity contribution in [2.45, 2.75) is 13.1 Å². The monoisotopic (exact) mass is 276 g/mol. The molecule has 0 aliphatic heterocycles. The highest BCUT2D eigenvalue weighted by atomic mass is 35.5. The summed E-state index contributed by atoms with van der Waals surface area (Å²) < 4.78 is 1.36. The van der Waals surface area contributed by atoms with Gasteiger partial charge >= 0.3 is 0 Å². The quantitative estimate of drug-likeness (QED) is 0.926. The van der Waals surface area contributed by atoms with Crippen LogP contribution in [-0.2, 0) is 17.9 Å². The normalized spacial score (nSPS) is 10.2. The number of nitrogens with one attached hydrogen (secondary N) is 1. The zero-order valence-electron chi connectivity index (χ0n) is 10.2. The molecule has 4 nitrogen and oxygen atoms in total. The van der Waals surface area contributed by atoms with E-state index in [2.05, 4.69) is 5.32 Å². The van der Waals surface area contributed by atoms with Crippen LogP contribution in [0.2, 0.25) is 5.02 Å². The zero-order valence-corrected chi connectivity index (χ0v) is 10.9. The Kier molecular flexibility index (Phi) is 4.36. The van der Waals surface area contributed by atoms with Gasteiger partial charge < -0.3 is 9.88 Å². The average molecular weight is 277 g/mol. The van der Waals surface area contributed by atoms with E-state index in [1.54, 1.807) is 30.5 Å². The first kappa shape index (κ1) is 13.4. The Morgan fingerprint density at radius 2 is 1.89 bits per heavy atom. The second-order valence-corrected chi connectivity index (χ2v) is 4.51. The molecule has 19 heavy (non-hydrogen) atoms. The highest BCUT2D eigenvalue weighted by molar-refractivity contribution is 6.30. The average Bonchev–Trinajstić information content (AvgIpc) is 2.41. The summed E-state index contributed by atoms with van der Waals surface area (Å²) in [6.45, 7) is 0.435. The smallest absolute Gasteiger partial charge is 0.250 e. The summed E-state index contributed by atoms with van der Waals surface area (Å²) in [7, 11) is 0. The number of nitrogens with zero attached hydrogens (tertiary/aromatic N) is 1. The number of rotatable bonds is 4. The number of benzene rings is 1. The molecular formula is C14H13ClN2O2. The molecule has 1 amide bonds. The van der Waals surface area contributed by atoms with Gasteiger partial charge in [0.2, 0.25) is 5.91 Å². The van der Waals surface area contributed by atoms with Crippen LogP contribution < -0.4 is 10.9 Å². The van der Waals surface area contributed by atoms with E-state index in [-0.39, 0.29) is 18.0 Å². The molecule has 1 aromatic heterocycles. The zero-order chi connectivity index (χ0) is 13.7. The van der Waals surface area contributed by atoms with Gasteiger partial charge in [-0.3, -0.25) is 9.59 Å². The molecule has 0 atom stereocenters. The largest absolute Gasteiger partial charge is 0.350 e. The fourth-order valence-corrected chi connectivity index (χ4v) is 1.73. The second-order valence-electron chi connectivity index (χ2n) is 4.07. The van der Waals surface area contributed by atoms with Crippen LogP contribution in [-0.4, -0.2) is 10.5 Å². The van der Waals surface area contributed by atoms with Crippen LogP contribution in [0.25, 0.3) is 0 Å². The molecule has 0 saturated heterocycles. The molecule has 0 unspecified atom stereocenters. The Bertz CT molecular complexity index is 620. The van der Waals surface area contributed by atoms with Gasteiger partial charge in [0.05, 0.1) is 0 Å². The SMILES string of the molecule is O=C(Cn1ccccc1=O)NCc1ccc(Cl)cc1. The van der Waals surface area contributed by atoms with Gasteiger partial charge in [0.1, 0.15) is 6.54 Å². The van der Waals surface area contributed by atoms with Crippen LogP contribution in [0, 0.1) is 0 Å². The van der Waals surface area contributed by atoms with Crippen molar-refractivity contribution >= 4 is 17.5 Å². The van der Waals surface area contributed by atoms with Gasteiger partial charge in [-0.05, 0) is 23.8 Å². The standard InChI is InChI=1S/C14H13ClN2O2/c15-12-6-4-11(5-7-12)9-16-13(18)10-17-8-2-1-3-14(17)19/h1-8H,9-10H2,(H,16,18). The van der Waals surface area contributed by atoms with Crippen molar-refractivity contribution in [3.05, 3.63) is 69.6 Å². The summed E-state index contributed by atoms with van der Waals surface area (Å²) in [5.74, 6) is -0.205. The second kappa shape index (κ2) is 6.20. The fourth-order valence-electron chi connectivity index (χ4n) is 1.60. The molecule has 2 aromatic rings. The van der Waals surface area contributed by atoms with Crippen LogP contribution >= 0.6 is 11.6 Å². The number of pyridine rings is 1. The molecule has 0 aliphatic carbocycles. The molecule has 1 aromatic carbocycles. The highest BCUT2D eigenvalue weighted by Gasteiger charge is 2.03. The third kappa shape index (κ3) is 3.96. The van der Waals surface area contributed by atoms with Gasteiger partial charge in [-0.2, -0.15) is 0 Å². The van der Waals surface area contributed by atoms with Gasteiger partial charge in [-0.25, -0.2) is 0 Å². The molecule has 5 heteroatoms. The van der Waals surface area contributed by atoms with Crippen LogP contribution in [0.15, 0.2) is 53.5 Å². The first-order chi connectivity index (χ1) is 9.15. The maximum atomic E-state index is 11.7. The van der Waals surface area contributed by atoms with E-state index >= 15 is 0 Å². The number of halogens is 1. The van der Waals surface area contributed by atoms with E-state index < -0.39 is 0 Å². The van der Waals surface area contributed by atoms with Crippen molar-refractivity contribution in [1.29, 1.82) is 0 Å². The number of amides is 1. The lowest BCUT2D eigenvalue weighted by Crippen LogP contribution is -2.31. The Hall–Kier alpha value is -2.07. The lowest BCUT2D eigenvalue weighted by molar-refractivity contribution is -0.121. The van der Waals surface area contributed by atoms with Crippen molar-refractivity contribution in [3.8, 4) is 0 Å². The summed E-state index contributed by atoms with van der Waals surface area (Å²) in [6, 6.07) is 12.0. The van der Waals surface area contributed by atoms with E-state index in [0.717, 1.165) is 5.56 Å². The van der Waals surface area contributed by atoms with Gasteiger partial charge in [-0.15, -0.1) is 0 Å². The predicted molar refractivity (Wildman–Crippen MR) is 74.0 cm³/mol. The maximum Gasteiger partial charge on any atom is 0.250 e. The van der Waals surface area contributed by atoms with E-state index in [1.165, 1.54) is 10.6 Å². The topological polar surface area (TPSA) is 51.1 Å². The van der Waals surface area contributed by atoms with E-state index in [0.29, 0.717) is 11.6 Å². The molecule has 1 N–H and O–H groups in total. The first-order valence-electron chi connectivity index (χ1n) is 5.82. The number of hydrogen-bond donors (Lipinski definition) is 1. The minimum Gasteiger partial charge on any atom is -0.350 e. The Morgan fingerprint density at radius 3 is 2.58 bits per heavy atom. The highest BCUT2D eigenvalue weighted by Crippen LogP contribution is 2.08. The summed E-state index contributed by atoms with van der Waals surface area (Å²) in [6.07, 6.45) is 1.59. The van der Waals surface area contributed by atoms with Crippen molar-refractivity contribution in [3.63, 3.8) is 0 Å². The van der Waals surface area contributed by atoms with Gasteiger partial charge in [-0.1, -0.05) is 29.8 Å². The molecule has 98 valence electrons. The summed E-state index contributed by atoms with van der Waals surface area (Å²) in [4.78, 5) is 23.1. The van der Waals surface area contributed by atoms with Crippen LogP contribution in [0.5, 0.6) is 0 Å². The molecule has 2 rings (SSSR count). The Balaban J connectivity index is 1.90. The molecule has 1 heterocycles. The summed E-state index contributed by atoms with van der Waals surface area (Å²) >= 11 is 5.77. The summed E-state index contributed by atoms with van der Waals surface area (Å²) in [5.41, 5.74) is 0.766. The van der Waals surface area contributed by atoms with Crippen molar-refractivity contribution in [2.24, 2.45) is 0 Å². The predicted octanol–water partition coefficient (Wildman–Crippen LogP) is 1.82. The fraction of sp³-hybridized carbons (Fsp3) is 0.143. The molecule has 0 fully saturated rings. The summed E-state index contributed by atoms with van der Waals surface area (Å²) in [5, 5.41) is 3.41. The molecule has 0 spiro atoms. The van der Waals surface area contributed by atoms with Crippen molar-refractivity contribution < 1.29 is 4.79 Å². The maximum absolute atomic E-state index is 11.7. The Morgan fingerprint density at radius 1 is 1.16 bits per heavy atom.